The first kappa shape index (κ1) is 19.6. The molecule has 0 heterocycles. The molecule has 132 valence electrons. The van der Waals surface area contributed by atoms with Crippen LogP contribution in [0, 0.1) is 0 Å². The molecular weight excluding hydrogens is 385 g/mol. The summed E-state index contributed by atoms with van der Waals surface area (Å²) < 4.78 is 5.12. The van der Waals surface area contributed by atoms with Crippen LogP contribution in [0.5, 0.6) is 0 Å². The third kappa shape index (κ3) is 5.36. The standard InChI is InChI=1S/C18H16Cl3NO3/c1-2-13(11-6-4-3-5-7-11)18(24)25-10-16(23)22-17-14(20)8-12(19)9-15(17)21/h3-9,13H,2,10H2,1H3,(H,22,23)/t13-/m0/s1. The molecule has 2 aromatic carbocycles. The molecule has 1 atom stereocenters. The maximum absolute atomic E-state index is 12.2. The summed E-state index contributed by atoms with van der Waals surface area (Å²) in [6.07, 6.45) is 0.569. The number of halogens is 3. The molecule has 0 bridgehead atoms. The van der Waals surface area contributed by atoms with E-state index in [-0.39, 0.29) is 15.7 Å². The first-order valence-corrected chi connectivity index (χ1v) is 8.71. The number of nitrogens with one attached hydrogen (secondary N) is 1. The molecule has 25 heavy (non-hydrogen) atoms. The summed E-state index contributed by atoms with van der Waals surface area (Å²) in [6.45, 7) is 1.45. The summed E-state index contributed by atoms with van der Waals surface area (Å²) >= 11 is 17.8. The molecule has 0 radical (unpaired) electrons. The summed E-state index contributed by atoms with van der Waals surface area (Å²) in [5.41, 5.74) is 1.07. The van der Waals surface area contributed by atoms with Gasteiger partial charge in [0.05, 0.1) is 21.7 Å². The smallest absolute Gasteiger partial charge is 0.313 e. The lowest BCUT2D eigenvalue weighted by Crippen LogP contribution is -2.24. The van der Waals surface area contributed by atoms with E-state index in [1.807, 2.05) is 37.3 Å². The monoisotopic (exact) mass is 399 g/mol. The van der Waals surface area contributed by atoms with Crippen LogP contribution in [0.25, 0.3) is 0 Å². The Morgan fingerprint density at radius 2 is 1.68 bits per heavy atom. The zero-order valence-corrected chi connectivity index (χ0v) is 15.7. The molecule has 0 aliphatic carbocycles. The van der Waals surface area contributed by atoms with Crippen molar-refractivity contribution in [3.63, 3.8) is 0 Å². The number of rotatable bonds is 6. The van der Waals surface area contributed by atoms with Crippen LogP contribution in [0.2, 0.25) is 15.1 Å². The molecule has 0 fully saturated rings. The van der Waals surface area contributed by atoms with E-state index in [0.717, 1.165) is 5.56 Å². The summed E-state index contributed by atoms with van der Waals surface area (Å²) in [7, 11) is 0. The number of carbonyl (C=O) groups is 2. The SMILES string of the molecule is CC[C@H](C(=O)OCC(=O)Nc1c(Cl)cc(Cl)cc1Cl)c1ccccc1. The molecule has 0 aromatic heterocycles. The molecule has 2 aromatic rings. The molecule has 0 unspecified atom stereocenters. The van der Waals surface area contributed by atoms with Crippen molar-refractivity contribution in [2.75, 3.05) is 11.9 Å². The Bertz CT molecular complexity index is 742. The van der Waals surface area contributed by atoms with Crippen LogP contribution in [0.3, 0.4) is 0 Å². The van der Waals surface area contributed by atoms with Crippen molar-refractivity contribution in [1.82, 2.24) is 0 Å². The minimum Gasteiger partial charge on any atom is -0.455 e. The van der Waals surface area contributed by atoms with Gasteiger partial charge in [0.2, 0.25) is 0 Å². The van der Waals surface area contributed by atoms with Gasteiger partial charge in [-0.15, -0.1) is 0 Å². The fourth-order valence-electron chi connectivity index (χ4n) is 2.30. The molecule has 4 nitrogen and oxygen atoms in total. The van der Waals surface area contributed by atoms with E-state index in [0.29, 0.717) is 11.4 Å². The third-order valence-electron chi connectivity index (χ3n) is 3.51. The average molecular weight is 401 g/mol. The van der Waals surface area contributed by atoms with Gasteiger partial charge in [0.15, 0.2) is 6.61 Å². The highest BCUT2D eigenvalue weighted by Gasteiger charge is 2.21. The minimum absolute atomic E-state index is 0.202. The van der Waals surface area contributed by atoms with Gasteiger partial charge in [-0.1, -0.05) is 72.1 Å². The van der Waals surface area contributed by atoms with E-state index >= 15 is 0 Å². The average Bonchev–Trinajstić information content (AvgIpc) is 2.58. The molecule has 0 saturated carbocycles. The Morgan fingerprint density at radius 3 is 2.24 bits per heavy atom. The Balaban J connectivity index is 1.97. The maximum atomic E-state index is 12.2. The number of hydrogen-bond donors (Lipinski definition) is 1. The lowest BCUT2D eigenvalue weighted by Gasteiger charge is -2.15. The van der Waals surface area contributed by atoms with Gasteiger partial charge in [0.1, 0.15) is 0 Å². The van der Waals surface area contributed by atoms with Crippen LogP contribution in [0.1, 0.15) is 24.8 Å². The van der Waals surface area contributed by atoms with Gasteiger partial charge >= 0.3 is 5.97 Å². The molecule has 0 saturated heterocycles. The highest BCUT2D eigenvalue weighted by atomic mass is 35.5. The Hall–Kier alpha value is -1.75. The summed E-state index contributed by atoms with van der Waals surface area (Å²) in [5.74, 6) is -1.42. The van der Waals surface area contributed by atoms with Gasteiger partial charge in [-0.05, 0) is 24.1 Å². The van der Waals surface area contributed by atoms with Gasteiger partial charge in [0, 0.05) is 5.02 Å². The highest BCUT2D eigenvalue weighted by molar-refractivity contribution is 6.42. The Morgan fingerprint density at radius 1 is 1.08 bits per heavy atom. The van der Waals surface area contributed by atoms with E-state index in [1.165, 1.54) is 12.1 Å². The van der Waals surface area contributed by atoms with E-state index in [2.05, 4.69) is 5.32 Å². The van der Waals surface area contributed by atoms with Crippen LogP contribution in [0.4, 0.5) is 5.69 Å². The molecular formula is C18H16Cl3NO3. The zero-order chi connectivity index (χ0) is 18.4. The van der Waals surface area contributed by atoms with Crippen molar-refractivity contribution in [2.24, 2.45) is 0 Å². The third-order valence-corrected chi connectivity index (χ3v) is 4.33. The van der Waals surface area contributed by atoms with E-state index in [1.54, 1.807) is 0 Å². The molecule has 1 amide bonds. The predicted octanol–water partition coefficient (Wildman–Crippen LogP) is 5.32. The van der Waals surface area contributed by atoms with E-state index in [4.69, 9.17) is 39.5 Å². The molecule has 0 aliphatic rings. The van der Waals surface area contributed by atoms with E-state index < -0.39 is 24.4 Å². The topological polar surface area (TPSA) is 55.4 Å². The Labute approximate surface area is 161 Å². The van der Waals surface area contributed by atoms with Gasteiger partial charge in [-0.3, -0.25) is 9.59 Å². The van der Waals surface area contributed by atoms with E-state index in [9.17, 15) is 9.59 Å². The number of hydrogen-bond acceptors (Lipinski definition) is 3. The van der Waals surface area contributed by atoms with Crippen LogP contribution >= 0.6 is 34.8 Å². The minimum atomic E-state index is -0.539. The second-order valence-electron chi connectivity index (χ2n) is 5.27. The maximum Gasteiger partial charge on any atom is 0.313 e. The first-order chi connectivity index (χ1) is 11.9. The van der Waals surface area contributed by atoms with Crippen molar-refractivity contribution < 1.29 is 14.3 Å². The fraction of sp³-hybridized carbons (Fsp3) is 0.222. The number of anilines is 1. The van der Waals surface area contributed by atoms with Gasteiger partial charge in [-0.25, -0.2) is 0 Å². The highest BCUT2D eigenvalue weighted by Crippen LogP contribution is 2.33. The molecule has 2 rings (SSSR count). The van der Waals surface area contributed by atoms with Crippen LogP contribution in [0.15, 0.2) is 42.5 Å². The number of ether oxygens (including phenoxy) is 1. The molecule has 0 spiro atoms. The summed E-state index contributed by atoms with van der Waals surface area (Å²) in [6, 6.07) is 12.2. The second kappa shape index (κ2) is 9.09. The first-order valence-electron chi connectivity index (χ1n) is 7.58. The lowest BCUT2D eigenvalue weighted by molar-refractivity contribution is -0.149. The second-order valence-corrected chi connectivity index (χ2v) is 6.52. The lowest BCUT2D eigenvalue weighted by atomic mass is 9.97. The van der Waals surface area contributed by atoms with Crippen molar-refractivity contribution >= 4 is 52.4 Å². The predicted molar refractivity (Wildman–Crippen MR) is 101 cm³/mol. The van der Waals surface area contributed by atoms with Crippen LogP contribution in [-0.4, -0.2) is 18.5 Å². The van der Waals surface area contributed by atoms with Gasteiger partial charge in [-0.2, -0.15) is 0 Å². The van der Waals surface area contributed by atoms with Crippen molar-refractivity contribution in [3.05, 3.63) is 63.1 Å². The number of esters is 1. The summed E-state index contributed by atoms with van der Waals surface area (Å²) in [5, 5.41) is 3.28. The normalized spacial score (nSPS) is 11.7. The number of carbonyl (C=O) groups excluding carboxylic acids is 2. The largest absolute Gasteiger partial charge is 0.455 e. The number of benzene rings is 2. The van der Waals surface area contributed by atoms with Crippen LogP contribution in [-0.2, 0) is 14.3 Å². The zero-order valence-electron chi connectivity index (χ0n) is 13.4. The molecule has 7 heteroatoms. The van der Waals surface area contributed by atoms with Crippen molar-refractivity contribution in [2.45, 2.75) is 19.3 Å². The van der Waals surface area contributed by atoms with Gasteiger partial charge < -0.3 is 10.1 Å². The summed E-state index contributed by atoms with van der Waals surface area (Å²) in [4.78, 5) is 24.3. The van der Waals surface area contributed by atoms with Crippen molar-refractivity contribution in [3.8, 4) is 0 Å². The quantitative estimate of drug-likeness (QED) is 0.667. The Kier molecular flexibility index (Phi) is 7.12. The van der Waals surface area contributed by atoms with Crippen molar-refractivity contribution in [1.29, 1.82) is 0 Å². The molecule has 0 aliphatic heterocycles. The van der Waals surface area contributed by atoms with Gasteiger partial charge in [0.25, 0.3) is 5.91 Å². The number of amides is 1. The fourth-order valence-corrected chi connectivity index (χ4v) is 3.21. The molecule has 1 N–H and O–H groups in total. The van der Waals surface area contributed by atoms with Crippen LogP contribution < -0.4 is 5.32 Å².